The predicted octanol–water partition coefficient (Wildman–Crippen LogP) is 3.17. The summed E-state index contributed by atoms with van der Waals surface area (Å²) in [6.07, 6.45) is 9.39. The lowest BCUT2D eigenvalue weighted by Gasteiger charge is -2.12. The van der Waals surface area contributed by atoms with E-state index in [-0.39, 0.29) is 5.92 Å². The minimum absolute atomic E-state index is 0.273. The molecule has 0 bridgehead atoms. The van der Waals surface area contributed by atoms with Crippen molar-refractivity contribution in [2.75, 3.05) is 7.11 Å². The van der Waals surface area contributed by atoms with Crippen molar-refractivity contribution in [2.45, 2.75) is 44.9 Å². The molecule has 0 aromatic carbocycles. The SMILES string of the molecule is COc1ccc(CC(=O)C2CCCCCC2)cn1. The number of carbonyl (C=O) groups excluding carboxylic acids is 1. The van der Waals surface area contributed by atoms with Crippen LogP contribution in [0.4, 0.5) is 0 Å². The minimum atomic E-state index is 0.273. The summed E-state index contributed by atoms with van der Waals surface area (Å²) in [5.41, 5.74) is 0.991. The molecule has 0 radical (unpaired) electrons. The first-order valence-electron chi connectivity index (χ1n) is 6.81. The van der Waals surface area contributed by atoms with E-state index in [9.17, 15) is 4.79 Å². The average Bonchev–Trinajstić information content (AvgIpc) is 2.68. The molecule has 1 aromatic heterocycles. The van der Waals surface area contributed by atoms with Crippen LogP contribution in [0.15, 0.2) is 18.3 Å². The van der Waals surface area contributed by atoms with E-state index in [2.05, 4.69) is 4.98 Å². The lowest BCUT2D eigenvalue weighted by atomic mass is 9.92. The van der Waals surface area contributed by atoms with Gasteiger partial charge >= 0.3 is 0 Å². The van der Waals surface area contributed by atoms with Gasteiger partial charge in [0.2, 0.25) is 5.88 Å². The number of ketones is 1. The van der Waals surface area contributed by atoms with Gasteiger partial charge in [0.25, 0.3) is 0 Å². The molecule has 18 heavy (non-hydrogen) atoms. The van der Waals surface area contributed by atoms with E-state index in [0.717, 1.165) is 18.4 Å². The van der Waals surface area contributed by atoms with Crippen LogP contribution >= 0.6 is 0 Å². The van der Waals surface area contributed by atoms with E-state index in [1.165, 1.54) is 25.7 Å². The highest BCUT2D eigenvalue weighted by atomic mass is 16.5. The van der Waals surface area contributed by atoms with Crippen LogP contribution in [0.3, 0.4) is 0 Å². The number of methoxy groups -OCH3 is 1. The summed E-state index contributed by atoms with van der Waals surface area (Å²) in [6, 6.07) is 3.75. The number of nitrogens with zero attached hydrogens (tertiary/aromatic N) is 1. The molecule has 1 heterocycles. The number of hydrogen-bond acceptors (Lipinski definition) is 3. The molecule has 0 unspecified atom stereocenters. The molecule has 2 rings (SSSR count). The summed E-state index contributed by atoms with van der Waals surface area (Å²) in [7, 11) is 1.60. The van der Waals surface area contributed by atoms with Crippen molar-refractivity contribution in [2.24, 2.45) is 5.92 Å². The van der Waals surface area contributed by atoms with Crippen LogP contribution in [0.5, 0.6) is 5.88 Å². The highest BCUT2D eigenvalue weighted by molar-refractivity contribution is 5.83. The Morgan fingerprint density at radius 1 is 1.28 bits per heavy atom. The van der Waals surface area contributed by atoms with Crippen molar-refractivity contribution in [1.82, 2.24) is 4.98 Å². The van der Waals surface area contributed by atoms with Crippen LogP contribution in [0.25, 0.3) is 0 Å². The maximum Gasteiger partial charge on any atom is 0.212 e. The molecule has 1 saturated carbocycles. The van der Waals surface area contributed by atoms with Gasteiger partial charge in [0.05, 0.1) is 7.11 Å². The number of ether oxygens (including phenoxy) is 1. The van der Waals surface area contributed by atoms with Crippen molar-refractivity contribution >= 4 is 5.78 Å². The third kappa shape index (κ3) is 3.56. The predicted molar refractivity (Wildman–Crippen MR) is 70.7 cm³/mol. The van der Waals surface area contributed by atoms with Gasteiger partial charge < -0.3 is 4.74 Å². The summed E-state index contributed by atoms with van der Waals surface area (Å²) >= 11 is 0. The van der Waals surface area contributed by atoms with Crippen LogP contribution in [0, 0.1) is 5.92 Å². The smallest absolute Gasteiger partial charge is 0.212 e. The summed E-state index contributed by atoms with van der Waals surface area (Å²) in [5, 5.41) is 0. The first-order valence-corrected chi connectivity index (χ1v) is 6.81. The highest BCUT2D eigenvalue weighted by Crippen LogP contribution is 2.24. The first-order chi connectivity index (χ1) is 8.79. The number of aromatic nitrogens is 1. The van der Waals surface area contributed by atoms with E-state index in [1.54, 1.807) is 13.3 Å². The van der Waals surface area contributed by atoms with Crippen LogP contribution < -0.4 is 4.74 Å². The normalized spacial score (nSPS) is 17.2. The summed E-state index contributed by atoms with van der Waals surface area (Å²) in [4.78, 5) is 16.4. The Labute approximate surface area is 109 Å². The monoisotopic (exact) mass is 247 g/mol. The Hall–Kier alpha value is -1.38. The maximum absolute atomic E-state index is 12.2. The standard InChI is InChI=1S/C15H21NO2/c1-18-15-9-8-12(11-16-15)10-14(17)13-6-4-2-3-5-7-13/h8-9,11,13H,2-7,10H2,1H3. The third-order valence-electron chi connectivity index (χ3n) is 3.70. The zero-order chi connectivity index (χ0) is 12.8. The second-order valence-electron chi connectivity index (χ2n) is 5.04. The van der Waals surface area contributed by atoms with Crippen molar-refractivity contribution in [3.63, 3.8) is 0 Å². The van der Waals surface area contributed by atoms with Crippen LogP contribution in [0.2, 0.25) is 0 Å². The molecule has 3 heteroatoms. The van der Waals surface area contributed by atoms with Crippen molar-refractivity contribution in [3.8, 4) is 5.88 Å². The average molecular weight is 247 g/mol. The molecule has 0 amide bonds. The maximum atomic E-state index is 12.2. The molecule has 3 nitrogen and oxygen atoms in total. The lowest BCUT2D eigenvalue weighted by molar-refractivity contribution is -0.122. The second-order valence-corrected chi connectivity index (χ2v) is 5.04. The van der Waals surface area contributed by atoms with Crippen LogP contribution in [-0.2, 0) is 11.2 Å². The van der Waals surface area contributed by atoms with Gasteiger partial charge in [-0.3, -0.25) is 4.79 Å². The van der Waals surface area contributed by atoms with Gasteiger partial charge in [-0.2, -0.15) is 0 Å². The molecule has 0 saturated heterocycles. The summed E-state index contributed by atoms with van der Waals surface area (Å²) in [6.45, 7) is 0. The number of Topliss-reactive ketones (excluding diaryl/α,β-unsaturated/α-hetero) is 1. The van der Waals surface area contributed by atoms with Gasteiger partial charge in [-0.05, 0) is 18.4 Å². The zero-order valence-electron chi connectivity index (χ0n) is 11.0. The highest BCUT2D eigenvalue weighted by Gasteiger charge is 2.20. The van der Waals surface area contributed by atoms with Crippen LogP contribution in [-0.4, -0.2) is 17.9 Å². The Kier molecular flexibility index (Phi) is 4.73. The number of carbonyl (C=O) groups is 1. The van der Waals surface area contributed by atoms with Gasteiger partial charge in [0.15, 0.2) is 0 Å². The van der Waals surface area contributed by atoms with Crippen molar-refractivity contribution in [3.05, 3.63) is 23.9 Å². The van der Waals surface area contributed by atoms with E-state index >= 15 is 0 Å². The first kappa shape index (κ1) is 13.1. The van der Waals surface area contributed by atoms with Crippen molar-refractivity contribution in [1.29, 1.82) is 0 Å². The van der Waals surface area contributed by atoms with Gasteiger partial charge in [0, 0.05) is 24.6 Å². The Morgan fingerprint density at radius 2 is 2.00 bits per heavy atom. The molecule has 98 valence electrons. The van der Waals surface area contributed by atoms with Crippen LogP contribution in [0.1, 0.15) is 44.1 Å². The molecule has 0 spiro atoms. The van der Waals surface area contributed by atoms with E-state index < -0.39 is 0 Å². The number of hydrogen-bond donors (Lipinski definition) is 0. The fraction of sp³-hybridized carbons (Fsp3) is 0.600. The molecule has 1 fully saturated rings. The molecule has 1 aliphatic rings. The minimum Gasteiger partial charge on any atom is -0.481 e. The Morgan fingerprint density at radius 3 is 2.56 bits per heavy atom. The molecular formula is C15H21NO2. The summed E-state index contributed by atoms with van der Waals surface area (Å²) < 4.78 is 5.01. The number of rotatable bonds is 4. The molecular weight excluding hydrogens is 226 g/mol. The Balaban J connectivity index is 1.92. The zero-order valence-corrected chi connectivity index (χ0v) is 11.0. The molecule has 0 N–H and O–H groups in total. The van der Waals surface area contributed by atoms with E-state index in [1.807, 2.05) is 12.1 Å². The van der Waals surface area contributed by atoms with Crippen molar-refractivity contribution < 1.29 is 9.53 Å². The van der Waals surface area contributed by atoms with E-state index in [4.69, 9.17) is 4.74 Å². The topological polar surface area (TPSA) is 39.2 Å². The lowest BCUT2D eigenvalue weighted by Crippen LogP contribution is -2.16. The van der Waals surface area contributed by atoms with E-state index in [0.29, 0.717) is 18.1 Å². The molecule has 0 atom stereocenters. The molecule has 1 aromatic rings. The van der Waals surface area contributed by atoms with Gasteiger partial charge in [-0.25, -0.2) is 4.98 Å². The quantitative estimate of drug-likeness (QED) is 0.767. The van der Waals surface area contributed by atoms with Gasteiger partial charge in [-0.15, -0.1) is 0 Å². The largest absolute Gasteiger partial charge is 0.481 e. The molecule has 0 aliphatic heterocycles. The van der Waals surface area contributed by atoms with Gasteiger partial charge in [0.1, 0.15) is 5.78 Å². The fourth-order valence-electron chi connectivity index (χ4n) is 2.58. The van der Waals surface area contributed by atoms with Gasteiger partial charge in [-0.1, -0.05) is 31.7 Å². The third-order valence-corrected chi connectivity index (χ3v) is 3.70. The molecule has 1 aliphatic carbocycles. The fourth-order valence-corrected chi connectivity index (χ4v) is 2.58. The Bertz CT molecular complexity index is 378. The second kappa shape index (κ2) is 6.53. The summed E-state index contributed by atoms with van der Waals surface area (Å²) in [5.74, 6) is 1.25. The number of pyridine rings is 1.